The van der Waals surface area contributed by atoms with Gasteiger partial charge in [0.25, 0.3) is 0 Å². The van der Waals surface area contributed by atoms with Gasteiger partial charge in [0, 0.05) is 34.6 Å². The number of hydrogen-bond donors (Lipinski definition) is 0. The summed E-state index contributed by atoms with van der Waals surface area (Å²) in [6.07, 6.45) is 3.79. The van der Waals surface area contributed by atoms with Crippen LogP contribution in [0.1, 0.15) is 0 Å². The van der Waals surface area contributed by atoms with Crippen molar-refractivity contribution in [2.75, 3.05) is 0 Å². The molecule has 234 valence electrons. The van der Waals surface area contributed by atoms with E-state index in [1.165, 1.54) is 43.8 Å². The highest BCUT2D eigenvalue weighted by molar-refractivity contribution is 6.25. The van der Waals surface area contributed by atoms with Gasteiger partial charge in [0.1, 0.15) is 0 Å². The zero-order valence-electron chi connectivity index (χ0n) is 27.2. The Morgan fingerprint density at radius 3 is 1.60 bits per heavy atom. The standard InChI is InChI=1S/C47H31N3/c1-4-15-32(16-5-1)42-30-43(50-47(49-42)34-19-8-3-9-20-34)35-21-12-22-36(29-35)45-39-24-10-11-25-40(39)46-38(37-23-14-28-48-31-37)26-13-27-41(46)44(45)33-17-6-2-7-18-33/h1-31H. The van der Waals surface area contributed by atoms with E-state index in [4.69, 9.17) is 9.97 Å². The van der Waals surface area contributed by atoms with Crippen LogP contribution in [0, 0.1) is 0 Å². The Morgan fingerprint density at radius 1 is 0.340 bits per heavy atom. The molecule has 0 N–H and O–H groups in total. The number of rotatable bonds is 6. The molecule has 7 aromatic carbocycles. The van der Waals surface area contributed by atoms with Gasteiger partial charge in [0.05, 0.1) is 11.4 Å². The Labute approximate surface area is 291 Å². The van der Waals surface area contributed by atoms with Gasteiger partial charge in [-0.25, -0.2) is 9.97 Å². The molecule has 0 saturated heterocycles. The molecule has 0 unspecified atom stereocenters. The van der Waals surface area contributed by atoms with Gasteiger partial charge in [0.15, 0.2) is 5.82 Å². The van der Waals surface area contributed by atoms with Crippen LogP contribution in [0.5, 0.6) is 0 Å². The third kappa shape index (κ3) is 5.32. The summed E-state index contributed by atoms with van der Waals surface area (Å²) in [5, 5.41) is 4.84. The van der Waals surface area contributed by atoms with Gasteiger partial charge in [-0.3, -0.25) is 4.98 Å². The van der Waals surface area contributed by atoms with Crippen LogP contribution >= 0.6 is 0 Å². The second kappa shape index (κ2) is 12.7. The molecule has 0 aliphatic rings. The molecule has 0 aliphatic carbocycles. The smallest absolute Gasteiger partial charge is 0.160 e. The fraction of sp³-hybridized carbons (Fsp3) is 0. The molecule has 0 atom stereocenters. The summed E-state index contributed by atoms with van der Waals surface area (Å²) in [5.41, 5.74) is 11.8. The molecule has 0 amide bonds. The minimum Gasteiger partial charge on any atom is -0.264 e. The average Bonchev–Trinajstić information content (AvgIpc) is 3.21. The van der Waals surface area contributed by atoms with Crippen molar-refractivity contribution in [1.29, 1.82) is 0 Å². The van der Waals surface area contributed by atoms with E-state index < -0.39 is 0 Å². The van der Waals surface area contributed by atoms with Crippen LogP contribution in [0.3, 0.4) is 0 Å². The lowest BCUT2D eigenvalue weighted by Gasteiger charge is -2.21. The second-order valence-electron chi connectivity index (χ2n) is 12.4. The van der Waals surface area contributed by atoms with Gasteiger partial charge >= 0.3 is 0 Å². The molecule has 50 heavy (non-hydrogen) atoms. The van der Waals surface area contributed by atoms with Gasteiger partial charge in [-0.05, 0) is 67.6 Å². The highest BCUT2D eigenvalue weighted by Gasteiger charge is 2.20. The van der Waals surface area contributed by atoms with Crippen molar-refractivity contribution >= 4 is 21.5 Å². The molecule has 2 heterocycles. The second-order valence-corrected chi connectivity index (χ2v) is 12.4. The van der Waals surface area contributed by atoms with Crippen molar-refractivity contribution in [2.45, 2.75) is 0 Å². The van der Waals surface area contributed by atoms with E-state index >= 15 is 0 Å². The molecule has 2 aromatic heterocycles. The van der Waals surface area contributed by atoms with Crippen LogP contribution in [0.2, 0.25) is 0 Å². The third-order valence-electron chi connectivity index (χ3n) is 9.36. The minimum atomic E-state index is 0.705. The van der Waals surface area contributed by atoms with Crippen LogP contribution < -0.4 is 0 Å². The Morgan fingerprint density at radius 2 is 0.880 bits per heavy atom. The van der Waals surface area contributed by atoms with E-state index in [0.717, 1.165) is 39.2 Å². The largest absolute Gasteiger partial charge is 0.264 e. The summed E-state index contributed by atoms with van der Waals surface area (Å²) >= 11 is 0. The fourth-order valence-corrected chi connectivity index (χ4v) is 7.11. The van der Waals surface area contributed by atoms with E-state index in [2.05, 4.69) is 151 Å². The Kier molecular flexibility index (Phi) is 7.49. The first-order valence-corrected chi connectivity index (χ1v) is 16.9. The first-order valence-electron chi connectivity index (χ1n) is 16.9. The maximum atomic E-state index is 5.16. The predicted octanol–water partition coefficient (Wildman–Crippen LogP) is 12.2. The lowest BCUT2D eigenvalue weighted by molar-refractivity contribution is 1.18. The number of benzene rings is 7. The van der Waals surface area contributed by atoms with Crippen LogP contribution in [0.15, 0.2) is 188 Å². The highest BCUT2D eigenvalue weighted by Crippen LogP contribution is 2.47. The fourth-order valence-electron chi connectivity index (χ4n) is 7.11. The van der Waals surface area contributed by atoms with E-state index in [0.29, 0.717) is 5.82 Å². The summed E-state index contributed by atoms with van der Waals surface area (Å²) < 4.78 is 0. The molecule has 3 heteroatoms. The number of nitrogens with zero attached hydrogens (tertiary/aromatic N) is 3. The minimum absolute atomic E-state index is 0.705. The number of aromatic nitrogens is 3. The number of hydrogen-bond acceptors (Lipinski definition) is 3. The summed E-state index contributed by atoms with van der Waals surface area (Å²) in [4.78, 5) is 14.7. The molecule has 0 fully saturated rings. The molecule has 3 nitrogen and oxygen atoms in total. The molecule has 0 spiro atoms. The zero-order chi connectivity index (χ0) is 33.3. The lowest BCUT2D eigenvalue weighted by atomic mass is 9.82. The topological polar surface area (TPSA) is 38.7 Å². The summed E-state index contributed by atoms with van der Waals surface area (Å²) in [6.45, 7) is 0. The molecule has 0 radical (unpaired) electrons. The third-order valence-corrected chi connectivity index (χ3v) is 9.36. The van der Waals surface area contributed by atoms with Gasteiger partial charge < -0.3 is 0 Å². The quantitative estimate of drug-likeness (QED) is 0.170. The maximum absolute atomic E-state index is 5.16. The molecule has 9 aromatic rings. The van der Waals surface area contributed by atoms with E-state index in [1.807, 2.05) is 42.7 Å². The highest BCUT2D eigenvalue weighted by atomic mass is 14.9. The van der Waals surface area contributed by atoms with Crippen molar-refractivity contribution in [3.8, 4) is 67.3 Å². The van der Waals surface area contributed by atoms with E-state index in [-0.39, 0.29) is 0 Å². The first-order chi connectivity index (χ1) is 24.8. The van der Waals surface area contributed by atoms with Crippen molar-refractivity contribution in [3.05, 3.63) is 188 Å². The van der Waals surface area contributed by atoms with Gasteiger partial charge in [-0.15, -0.1) is 0 Å². The normalized spacial score (nSPS) is 11.2. The molecule has 9 rings (SSSR count). The Hall–Kier alpha value is -6.71. The molecule has 0 saturated carbocycles. The van der Waals surface area contributed by atoms with Gasteiger partial charge in [-0.1, -0.05) is 158 Å². The average molecular weight is 638 g/mol. The van der Waals surface area contributed by atoms with Crippen molar-refractivity contribution in [2.24, 2.45) is 0 Å². The summed E-state index contributed by atoms with van der Waals surface area (Å²) in [6, 6.07) is 61.8. The molecule has 0 bridgehead atoms. The number of fused-ring (bicyclic) bond motifs is 3. The van der Waals surface area contributed by atoms with Crippen LogP contribution in [-0.4, -0.2) is 15.0 Å². The zero-order valence-corrected chi connectivity index (χ0v) is 27.2. The Balaban J connectivity index is 1.32. The monoisotopic (exact) mass is 637 g/mol. The first kappa shape index (κ1) is 29.4. The Bertz CT molecular complexity index is 2560. The lowest BCUT2D eigenvalue weighted by Crippen LogP contribution is -1.96. The van der Waals surface area contributed by atoms with Gasteiger partial charge in [0.2, 0.25) is 0 Å². The van der Waals surface area contributed by atoms with Crippen LogP contribution in [-0.2, 0) is 0 Å². The predicted molar refractivity (Wildman–Crippen MR) is 207 cm³/mol. The molecular formula is C47H31N3. The number of pyridine rings is 1. The van der Waals surface area contributed by atoms with Gasteiger partial charge in [-0.2, -0.15) is 0 Å². The molecular weight excluding hydrogens is 607 g/mol. The summed E-state index contributed by atoms with van der Waals surface area (Å²) in [5.74, 6) is 0.705. The van der Waals surface area contributed by atoms with Crippen LogP contribution in [0.4, 0.5) is 0 Å². The summed E-state index contributed by atoms with van der Waals surface area (Å²) in [7, 11) is 0. The van der Waals surface area contributed by atoms with Crippen molar-refractivity contribution in [1.82, 2.24) is 15.0 Å². The SMILES string of the molecule is c1ccc(-c2cc(-c3cccc(-c4c(-c5ccccc5)c5cccc(-c6cccnc6)c5c5ccccc45)c3)nc(-c3ccccc3)n2)cc1. The van der Waals surface area contributed by atoms with Crippen LogP contribution in [0.25, 0.3) is 88.8 Å². The van der Waals surface area contributed by atoms with E-state index in [1.54, 1.807) is 0 Å². The van der Waals surface area contributed by atoms with Crippen molar-refractivity contribution < 1.29 is 0 Å². The molecule has 0 aliphatic heterocycles. The van der Waals surface area contributed by atoms with Crippen molar-refractivity contribution in [3.63, 3.8) is 0 Å². The maximum Gasteiger partial charge on any atom is 0.160 e. The van der Waals surface area contributed by atoms with E-state index in [9.17, 15) is 0 Å².